The lowest BCUT2D eigenvalue weighted by molar-refractivity contribution is 0.416. The molecular formula is C12H13NO2S. The Labute approximate surface area is 97.7 Å². The molecule has 0 aliphatic heterocycles. The number of hydrogen-bond donors (Lipinski definition) is 1. The fourth-order valence-corrected chi connectivity index (χ4v) is 2.46. The number of rotatable bonds is 3. The highest BCUT2D eigenvalue weighted by Crippen LogP contribution is 2.31. The van der Waals surface area contributed by atoms with Crippen LogP contribution in [0, 0.1) is 0 Å². The largest absolute Gasteiger partial charge is 0.496 e. The Morgan fingerprint density at radius 1 is 1.38 bits per heavy atom. The number of thiazole rings is 1. The van der Waals surface area contributed by atoms with Crippen LogP contribution in [0.5, 0.6) is 5.75 Å². The summed E-state index contributed by atoms with van der Waals surface area (Å²) in [7, 11) is 1.63. The molecule has 2 aromatic rings. The molecule has 4 heteroatoms. The molecule has 0 bridgehead atoms. The number of methoxy groups -OCH3 is 1. The van der Waals surface area contributed by atoms with Crippen molar-refractivity contribution in [2.45, 2.75) is 13.3 Å². The monoisotopic (exact) mass is 235 g/mol. The van der Waals surface area contributed by atoms with E-state index in [1.807, 2.05) is 31.2 Å². The molecule has 1 aromatic heterocycles. The van der Waals surface area contributed by atoms with Crippen molar-refractivity contribution in [3.8, 4) is 17.0 Å². The Kier molecular flexibility index (Phi) is 3.10. The lowest BCUT2D eigenvalue weighted by Crippen LogP contribution is -1.94. The van der Waals surface area contributed by atoms with Crippen molar-refractivity contribution in [2.24, 2.45) is 0 Å². The molecule has 84 valence electrons. The fourth-order valence-electron chi connectivity index (χ4n) is 1.68. The minimum Gasteiger partial charge on any atom is -0.496 e. The van der Waals surface area contributed by atoms with E-state index in [1.54, 1.807) is 7.11 Å². The number of aromatic amines is 1. The summed E-state index contributed by atoms with van der Waals surface area (Å²) in [5.74, 6) is 0.784. The molecule has 0 amide bonds. The third-order valence-corrected chi connectivity index (χ3v) is 3.45. The van der Waals surface area contributed by atoms with E-state index in [4.69, 9.17) is 4.74 Å². The summed E-state index contributed by atoms with van der Waals surface area (Å²) in [5.41, 5.74) is 1.83. The number of H-pyrrole nitrogens is 1. The van der Waals surface area contributed by atoms with E-state index in [9.17, 15) is 4.79 Å². The number of aromatic nitrogens is 1. The first-order valence-electron chi connectivity index (χ1n) is 5.11. The Morgan fingerprint density at radius 2 is 2.12 bits per heavy atom. The van der Waals surface area contributed by atoms with Crippen LogP contribution in [-0.4, -0.2) is 12.1 Å². The lowest BCUT2D eigenvalue weighted by Gasteiger charge is -2.07. The quantitative estimate of drug-likeness (QED) is 0.888. The van der Waals surface area contributed by atoms with Crippen LogP contribution in [0.2, 0.25) is 0 Å². The molecule has 0 spiro atoms. The van der Waals surface area contributed by atoms with E-state index in [1.165, 1.54) is 11.3 Å². The summed E-state index contributed by atoms with van der Waals surface area (Å²) < 4.78 is 5.29. The van der Waals surface area contributed by atoms with Gasteiger partial charge in [-0.25, -0.2) is 0 Å². The SMILES string of the molecule is CCc1sc(=O)[nH]c1-c1ccccc1OC. The smallest absolute Gasteiger partial charge is 0.305 e. The number of nitrogens with one attached hydrogen (secondary N) is 1. The second-order valence-corrected chi connectivity index (χ2v) is 4.43. The van der Waals surface area contributed by atoms with Crippen molar-refractivity contribution in [3.63, 3.8) is 0 Å². The van der Waals surface area contributed by atoms with Gasteiger partial charge in [0.2, 0.25) is 0 Å². The summed E-state index contributed by atoms with van der Waals surface area (Å²) in [6.45, 7) is 2.04. The fraction of sp³-hybridized carbons (Fsp3) is 0.250. The second kappa shape index (κ2) is 4.53. The molecule has 0 atom stereocenters. The highest BCUT2D eigenvalue weighted by molar-refractivity contribution is 7.09. The van der Waals surface area contributed by atoms with E-state index >= 15 is 0 Å². The van der Waals surface area contributed by atoms with E-state index < -0.39 is 0 Å². The van der Waals surface area contributed by atoms with Gasteiger partial charge in [0.15, 0.2) is 0 Å². The Bertz CT molecular complexity index is 542. The van der Waals surface area contributed by atoms with E-state index in [0.29, 0.717) is 0 Å². The van der Waals surface area contributed by atoms with Crippen LogP contribution in [0.25, 0.3) is 11.3 Å². The van der Waals surface area contributed by atoms with Crippen molar-refractivity contribution in [3.05, 3.63) is 38.8 Å². The zero-order valence-electron chi connectivity index (χ0n) is 9.24. The molecule has 0 radical (unpaired) electrons. The molecule has 16 heavy (non-hydrogen) atoms. The summed E-state index contributed by atoms with van der Waals surface area (Å²) >= 11 is 1.26. The molecule has 1 heterocycles. The van der Waals surface area contributed by atoms with Crippen LogP contribution < -0.4 is 9.61 Å². The number of hydrogen-bond acceptors (Lipinski definition) is 3. The van der Waals surface area contributed by atoms with Gasteiger partial charge in [0.25, 0.3) is 0 Å². The maximum Gasteiger partial charge on any atom is 0.305 e. The van der Waals surface area contributed by atoms with Gasteiger partial charge in [0.05, 0.1) is 12.8 Å². The van der Waals surface area contributed by atoms with Crippen LogP contribution in [0.3, 0.4) is 0 Å². The van der Waals surface area contributed by atoms with Gasteiger partial charge in [-0.15, -0.1) is 0 Å². The highest BCUT2D eigenvalue weighted by atomic mass is 32.1. The van der Waals surface area contributed by atoms with Crippen molar-refractivity contribution in [1.29, 1.82) is 0 Å². The molecule has 0 unspecified atom stereocenters. The zero-order valence-corrected chi connectivity index (χ0v) is 10.1. The molecule has 0 saturated heterocycles. The first kappa shape index (κ1) is 11.0. The van der Waals surface area contributed by atoms with Gasteiger partial charge in [-0.05, 0) is 18.6 Å². The number of ether oxygens (including phenoxy) is 1. The summed E-state index contributed by atoms with van der Waals surface area (Å²) in [4.78, 5) is 15.3. The Balaban J connectivity index is 2.61. The average Bonchev–Trinajstić information content (AvgIpc) is 2.70. The molecule has 0 aliphatic carbocycles. The lowest BCUT2D eigenvalue weighted by atomic mass is 10.1. The number of benzene rings is 1. The molecule has 3 nitrogen and oxygen atoms in total. The minimum absolute atomic E-state index is 0.0160. The summed E-state index contributed by atoms with van der Waals surface area (Å²) in [5, 5.41) is 0. The summed E-state index contributed by atoms with van der Waals surface area (Å²) in [6, 6.07) is 7.70. The Morgan fingerprint density at radius 3 is 2.81 bits per heavy atom. The van der Waals surface area contributed by atoms with Crippen molar-refractivity contribution < 1.29 is 4.74 Å². The molecule has 0 aliphatic rings. The molecule has 1 N–H and O–H groups in total. The predicted molar refractivity (Wildman–Crippen MR) is 66.3 cm³/mol. The van der Waals surface area contributed by atoms with Crippen LogP contribution >= 0.6 is 11.3 Å². The first-order chi connectivity index (χ1) is 7.76. The summed E-state index contributed by atoms with van der Waals surface area (Å²) in [6.07, 6.45) is 0.844. The average molecular weight is 235 g/mol. The number of aryl methyl sites for hydroxylation is 1. The Hall–Kier alpha value is -1.55. The van der Waals surface area contributed by atoms with Gasteiger partial charge in [0, 0.05) is 10.4 Å². The standard InChI is InChI=1S/C12H13NO2S/c1-3-10-11(13-12(14)16-10)8-6-4-5-7-9(8)15-2/h4-7H,3H2,1-2H3,(H,13,14). The van der Waals surface area contributed by atoms with Gasteiger partial charge in [-0.2, -0.15) is 0 Å². The third kappa shape index (κ3) is 1.88. The second-order valence-electron chi connectivity index (χ2n) is 3.37. The normalized spacial score (nSPS) is 10.4. The van der Waals surface area contributed by atoms with Gasteiger partial charge in [0.1, 0.15) is 5.75 Å². The van der Waals surface area contributed by atoms with E-state index in [2.05, 4.69) is 4.98 Å². The molecular weight excluding hydrogens is 222 g/mol. The van der Waals surface area contributed by atoms with Gasteiger partial charge < -0.3 is 9.72 Å². The van der Waals surface area contributed by atoms with Gasteiger partial charge >= 0.3 is 4.87 Å². The van der Waals surface area contributed by atoms with E-state index in [0.717, 1.165) is 28.3 Å². The molecule has 2 rings (SSSR count). The van der Waals surface area contributed by atoms with Crippen molar-refractivity contribution in [1.82, 2.24) is 4.98 Å². The van der Waals surface area contributed by atoms with E-state index in [-0.39, 0.29) is 4.87 Å². The maximum atomic E-state index is 11.4. The van der Waals surface area contributed by atoms with Gasteiger partial charge in [-0.1, -0.05) is 30.4 Å². The number of para-hydroxylation sites is 1. The molecule has 0 fully saturated rings. The zero-order chi connectivity index (χ0) is 11.5. The van der Waals surface area contributed by atoms with Crippen LogP contribution in [0.1, 0.15) is 11.8 Å². The maximum absolute atomic E-state index is 11.4. The highest BCUT2D eigenvalue weighted by Gasteiger charge is 2.12. The van der Waals surface area contributed by atoms with Crippen molar-refractivity contribution in [2.75, 3.05) is 7.11 Å². The molecule has 0 saturated carbocycles. The van der Waals surface area contributed by atoms with Gasteiger partial charge in [-0.3, -0.25) is 4.79 Å². The van der Waals surface area contributed by atoms with Crippen molar-refractivity contribution >= 4 is 11.3 Å². The predicted octanol–water partition coefficient (Wildman–Crippen LogP) is 2.67. The van der Waals surface area contributed by atoms with Crippen LogP contribution in [0.15, 0.2) is 29.1 Å². The minimum atomic E-state index is -0.0160. The topological polar surface area (TPSA) is 42.1 Å². The first-order valence-corrected chi connectivity index (χ1v) is 5.93. The van der Waals surface area contributed by atoms with Crippen LogP contribution in [0.4, 0.5) is 0 Å². The molecule has 1 aromatic carbocycles. The third-order valence-electron chi connectivity index (χ3n) is 2.42. The van der Waals surface area contributed by atoms with Crippen LogP contribution in [-0.2, 0) is 6.42 Å².